The summed E-state index contributed by atoms with van der Waals surface area (Å²) in [5.41, 5.74) is 0. The van der Waals surface area contributed by atoms with Crippen LogP contribution in [0.25, 0.3) is 0 Å². The van der Waals surface area contributed by atoms with Crippen LogP contribution in [0.3, 0.4) is 0 Å². The summed E-state index contributed by atoms with van der Waals surface area (Å²) < 4.78 is 0. The molecule has 0 N–H and O–H groups in total. The Bertz CT molecular complexity index is 113. The fourth-order valence-electron chi connectivity index (χ4n) is 0.316. The first kappa shape index (κ1) is 6.81. The van der Waals surface area contributed by atoms with E-state index >= 15 is 0 Å². The van der Waals surface area contributed by atoms with E-state index in [1.54, 1.807) is 12.4 Å². The molecule has 0 radical (unpaired) electrons. The van der Waals surface area contributed by atoms with Gasteiger partial charge in [-0.2, -0.15) is 0 Å². The van der Waals surface area contributed by atoms with Crippen LogP contribution in [0.4, 0.5) is 0 Å². The molecule has 0 aliphatic rings. The van der Waals surface area contributed by atoms with E-state index < -0.39 is 0 Å². The van der Waals surface area contributed by atoms with Crippen LogP contribution >= 0.6 is 0 Å². The van der Waals surface area contributed by atoms with Crippen molar-refractivity contribution in [2.75, 3.05) is 0 Å². The van der Waals surface area contributed by atoms with Crippen LogP contribution in [0.5, 0.6) is 0 Å². The first-order valence-corrected chi connectivity index (χ1v) is 1.80. The number of hydrogen-bond donors (Lipinski definition) is 0. The van der Waals surface area contributed by atoms with Crippen molar-refractivity contribution in [3.05, 3.63) is 18.2 Å². The molecule has 0 aliphatic heterocycles. The van der Waals surface area contributed by atoms with Gasteiger partial charge in [0.1, 0.15) is 0 Å². The van der Waals surface area contributed by atoms with Gasteiger partial charge < -0.3 is 9.97 Å². The molecule has 1 heterocycles. The van der Waals surface area contributed by atoms with Crippen LogP contribution in [0.1, 0.15) is 5.82 Å². The molecule has 0 spiro atoms. The Labute approximate surface area is 54.5 Å². The van der Waals surface area contributed by atoms with E-state index in [0.29, 0.717) is 0 Å². The quantitative estimate of drug-likeness (QED) is 0.324. The fraction of sp³-hybridized carbons (Fsp3) is 0.250. The van der Waals surface area contributed by atoms with Gasteiger partial charge in [0.25, 0.3) is 0 Å². The minimum Gasteiger partial charge on any atom is -0.447 e. The van der Waals surface area contributed by atoms with Crippen LogP contribution in [0, 0.1) is 6.92 Å². The second-order valence-electron chi connectivity index (χ2n) is 1.10. The zero-order valence-electron chi connectivity index (χ0n) is 4.55. The van der Waals surface area contributed by atoms with Gasteiger partial charge in [0.2, 0.25) is 0 Å². The van der Waals surface area contributed by atoms with Crippen molar-refractivity contribution in [1.82, 2.24) is 9.97 Å². The molecule has 0 aliphatic carbocycles. The molecule has 0 aromatic carbocycles. The second kappa shape index (κ2) is 2.90. The zero-order chi connectivity index (χ0) is 4.41. The molecule has 1 rings (SSSR count). The van der Waals surface area contributed by atoms with E-state index in [4.69, 9.17) is 0 Å². The monoisotopic (exact) mass is 88.1 g/mol. The molecule has 2 nitrogen and oxygen atoms in total. The van der Waals surface area contributed by atoms with Crippen LogP contribution in [-0.2, 0) is 0 Å². The van der Waals surface area contributed by atoms with Crippen molar-refractivity contribution in [3.8, 4) is 0 Å². The number of imidazole rings is 1. The van der Waals surface area contributed by atoms with Gasteiger partial charge in [-0.3, -0.25) is 0 Å². The van der Waals surface area contributed by atoms with E-state index in [0.717, 1.165) is 5.82 Å². The van der Waals surface area contributed by atoms with Crippen LogP contribution in [-0.4, -0.2) is 4.98 Å². The molecular weight excluding hydrogens is 83.0 g/mol. The third-order valence-electron chi connectivity index (χ3n) is 0.589. The summed E-state index contributed by atoms with van der Waals surface area (Å²) in [6.45, 7) is 1.86. The molecule has 0 fully saturated rings. The Hall–Kier alpha value is -0.193. The third-order valence-corrected chi connectivity index (χ3v) is 0.589. The Kier molecular flexibility index (Phi) is 2.82. The molecule has 0 amide bonds. The summed E-state index contributed by atoms with van der Waals surface area (Å²) in [6, 6.07) is 0. The minimum atomic E-state index is 0. The predicted molar refractivity (Wildman–Crippen MR) is 22.3 cm³/mol. The summed E-state index contributed by atoms with van der Waals surface area (Å²) in [7, 11) is 0. The van der Waals surface area contributed by atoms with Gasteiger partial charge in [0, 0.05) is 0 Å². The topological polar surface area (TPSA) is 27.0 Å². The Morgan fingerprint density at radius 2 is 2.43 bits per heavy atom. The molecular formula is C4H5LiN2. The SMILES string of the molecule is Cc1ncc[n-]1.[Li+]. The molecule has 1 aromatic heterocycles. The Morgan fingerprint density at radius 3 is 2.57 bits per heavy atom. The molecule has 0 atom stereocenters. The van der Waals surface area contributed by atoms with Crippen molar-refractivity contribution in [2.45, 2.75) is 6.92 Å². The van der Waals surface area contributed by atoms with Crippen molar-refractivity contribution in [3.63, 3.8) is 0 Å². The van der Waals surface area contributed by atoms with Crippen molar-refractivity contribution < 1.29 is 18.9 Å². The van der Waals surface area contributed by atoms with Crippen molar-refractivity contribution in [1.29, 1.82) is 0 Å². The molecule has 32 valence electrons. The standard InChI is InChI=1S/C4H5N2.Li/c1-4-5-2-3-6-4;/h2-3H,1H3;/q-1;+1. The summed E-state index contributed by atoms with van der Waals surface area (Å²) in [4.78, 5) is 7.61. The largest absolute Gasteiger partial charge is 1.00 e. The summed E-state index contributed by atoms with van der Waals surface area (Å²) in [6.07, 6.45) is 3.35. The summed E-state index contributed by atoms with van der Waals surface area (Å²) in [5.74, 6) is 0.843. The maximum Gasteiger partial charge on any atom is 1.00 e. The summed E-state index contributed by atoms with van der Waals surface area (Å²) >= 11 is 0. The minimum absolute atomic E-state index is 0. The molecule has 0 saturated heterocycles. The van der Waals surface area contributed by atoms with E-state index in [9.17, 15) is 0 Å². The number of rotatable bonds is 0. The first-order valence-electron chi connectivity index (χ1n) is 1.80. The molecule has 3 heteroatoms. The predicted octanol–water partition coefficient (Wildman–Crippen LogP) is -2.65. The zero-order valence-corrected chi connectivity index (χ0v) is 4.55. The number of aromatic nitrogens is 2. The maximum absolute atomic E-state index is 3.81. The fourth-order valence-corrected chi connectivity index (χ4v) is 0.316. The van der Waals surface area contributed by atoms with Gasteiger partial charge in [0.05, 0.1) is 0 Å². The molecule has 0 saturated carbocycles. The van der Waals surface area contributed by atoms with Gasteiger partial charge in [-0.1, -0.05) is 18.2 Å². The Morgan fingerprint density at radius 1 is 1.71 bits per heavy atom. The van der Waals surface area contributed by atoms with E-state index in [-0.39, 0.29) is 18.9 Å². The van der Waals surface area contributed by atoms with E-state index in [1.165, 1.54) is 0 Å². The molecule has 7 heavy (non-hydrogen) atoms. The first-order chi connectivity index (χ1) is 2.89. The third kappa shape index (κ3) is 1.82. The number of aryl methyl sites for hydroxylation is 1. The molecule has 0 unspecified atom stereocenters. The Balaban J connectivity index is 0.000000360. The molecule has 1 aromatic rings. The molecule has 0 bridgehead atoms. The average molecular weight is 88.0 g/mol. The smallest absolute Gasteiger partial charge is 0.447 e. The van der Waals surface area contributed by atoms with Crippen LogP contribution in [0.2, 0.25) is 0 Å². The van der Waals surface area contributed by atoms with E-state index in [1.807, 2.05) is 6.92 Å². The summed E-state index contributed by atoms with van der Waals surface area (Å²) in [5, 5.41) is 0. The van der Waals surface area contributed by atoms with Gasteiger partial charge in [-0.25, -0.2) is 0 Å². The van der Waals surface area contributed by atoms with Gasteiger partial charge >= 0.3 is 18.9 Å². The normalized spacial score (nSPS) is 7.57. The van der Waals surface area contributed by atoms with Gasteiger partial charge in [0.15, 0.2) is 0 Å². The van der Waals surface area contributed by atoms with Crippen LogP contribution < -0.4 is 23.8 Å². The number of nitrogens with zero attached hydrogens (tertiary/aromatic N) is 2. The number of hydrogen-bond acceptors (Lipinski definition) is 1. The van der Waals surface area contributed by atoms with Crippen molar-refractivity contribution in [2.24, 2.45) is 0 Å². The van der Waals surface area contributed by atoms with Crippen molar-refractivity contribution >= 4 is 0 Å². The van der Waals surface area contributed by atoms with Gasteiger partial charge in [-0.05, 0) is 6.92 Å². The van der Waals surface area contributed by atoms with Gasteiger partial charge in [-0.15, -0.1) is 0 Å². The second-order valence-corrected chi connectivity index (χ2v) is 1.10. The van der Waals surface area contributed by atoms with Crippen LogP contribution in [0.15, 0.2) is 12.4 Å². The average Bonchev–Trinajstić information content (AvgIpc) is 1.86. The maximum atomic E-state index is 3.81. The van der Waals surface area contributed by atoms with E-state index in [2.05, 4.69) is 9.97 Å².